The van der Waals surface area contributed by atoms with Gasteiger partial charge in [0, 0.05) is 39.2 Å². The number of nitro benzene ring substituents is 1. The van der Waals surface area contributed by atoms with Gasteiger partial charge in [0.05, 0.1) is 28.7 Å². The Bertz CT molecular complexity index is 2160. The van der Waals surface area contributed by atoms with Crippen LogP contribution in [0, 0.1) is 15.9 Å². The topological polar surface area (TPSA) is 112 Å². The fourth-order valence-corrected chi connectivity index (χ4v) is 8.56. The Morgan fingerprint density at radius 3 is 1.93 bits per heavy atom. The number of fused-ring (bicyclic) bond motifs is 2. The first-order valence-corrected chi connectivity index (χ1v) is 22.9. The summed E-state index contributed by atoms with van der Waals surface area (Å²) in [6, 6.07) is 29.6. The van der Waals surface area contributed by atoms with E-state index in [1.165, 1.54) is 12.1 Å². The van der Waals surface area contributed by atoms with Crippen molar-refractivity contribution in [2.45, 2.75) is 102 Å². The normalized spacial score (nSPS) is 21.0. The highest BCUT2D eigenvalue weighted by Gasteiger charge is 2.55. The molecule has 2 fully saturated rings. The van der Waals surface area contributed by atoms with Gasteiger partial charge in [0.25, 0.3) is 0 Å². The van der Waals surface area contributed by atoms with Crippen LogP contribution in [0.15, 0.2) is 103 Å². The highest BCUT2D eigenvalue weighted by molar-refractivity contribution is 6.76. The maximum atomic E-state index is 15.4. The summed E-state index contributed by atoms with van der Waals surface area (Å²) in [5.74, 6) is -1.89. The van der Waals surface area contributed by atoms with Crippen LogP contribution in [-0.4, -0.2) is 75.3 Å². The van der Waals surface area contributed by atoms with E-state index in [2.05, 4.69) is 30.8 Å². The number of carbonyl (C=O) groups excluding carboxylic acids is 1. The van der Waals surface area contributed by atoms with Gasteiger partial charge in [-0.1, -0.05) is 92.4 Å². The third kappa shape index (κ3) is 9.02. The van der Waals surface area contributed by atoms with Crippen molar-refractivity contribution in [2.75, 3.05) is 6.61 Å². The molecule has 4 aromatic carbocycles. The Hall–Kier alpha value is -4.95. The van der Waals surface area contributed by atoms with E-state index in [-0.39, 0.29) is 19.1 Å². The lowest BCUT2D eigenvalue weighted by atomic mass is 9.91. The molecule has 0 unspecified atom stereocenters. The van der Waals surface area contributed by atoms with E-state index in [4.69, 9.17) is 14.2 Å². The Balaban J connectivity index is 1.29. The summed E-state index contributed by atoms with van der Waals surface area (Å²) < 4.78 is 36.0. The van der Waals surface area contributed by atoms with Gasteiger partial charge in [-0.05, 0) is 73.2 Å². The number of aromatic nitrogens is 2. The van der Waals surface area contributed by atoms with Crippen molar-refractivity contribution in [1.82, 2.24) is 19.6 Å². The van der Waals surface area contributed by atoms with Gasteiger partial charge in [0.2, 0.25) is 5.82 Å². The molecule has 1 aromatic heterocycles. The molecule has 5 aromatic rings. The highest BCUT2D eigenvalue weighted by atomic mass is 28.3. The number of hydrogen-bond donors (Lipinski definition) is 0. The number of nitrogens with zero attached hydrogens (tertiary/aromatic N) is 5. The van der Waals surface area contributed by atoms with E-state index in [0.717, 1.165) is 39.7 Å². The minimum absolute atomic E-state index is 0.0114. The zero-order valence-corrected chi connectivity index (χ0v) is 33.6. The first kappa shape index (κ1) is 39.3. The van der Waals surface area contributed by atoms with Crippen LogP contribution in [0.1, 0.15) is 36.1 Å². The molecule has 56 heavy (non-hydrogen) atoms. The average Bonchev–Trinajstić information content (AvgIpc) is 3.70. The lowest BCUT2D eigenvalue weighted by molar-refractivity contribution is -0.387. The average molecular weight is 780 g/mol. The monoisotopic (exact) mass is 779 g/mol. The number of hydrogen-bond acceptors (Lipinski definition) is 7. The number of carbonyl (C=O) groups is 1. The smallest absolute Gasteiger partial charge is 0.321 e. The number of rotatable bonds is 14. The molecule has 2 amide bonds. The lowest BCUT2D eigenvalue weighted by Gasteiger charge is -2.37. The largest absolute Gasteiger partial charge is 0.360 e. The van der Waals surface area contributed by atoms with Gasteiger partial charge in [-0.25, -0.2) is 9.48 Å². The maximum Gasteiger partial charge on any atom is 0.321 e. The standard InChI is InChI=1S/C43H50FN5O6Si/c1-43(2)54-40-38(23-30-12-8-6-9-13-30)46(27-32-17-19-36-34(22-32)26-45-48(36)29-53-20-21-56(3,4)5)42(50)47(28-33-16-18-35(44)37(25-33)49(51)52)39(41(40)55-43)24-31-14-10-7-11-15-31/h6-19,22,25-26,38-41H,20-21,23-24,27-29H2,1-5H3/t38-,39-,40+,41+/m1/s1. The number of halogens is 1. The fourth-order valence-electron chi connectivity index (χ4n) is 7.81. The predicted molar refractivity (Wildman–Crippen MR) is 215 cm³/mol. The van der Waals surface area contributed by atoms with Crippen molar-refractivity contribution >= 4 is 30.7 Å². The lowest BCUT2D eigenvalue weighted by Crippen LogP contribution is -2.51. The van der Waals surface area contributed by atoms with E-state index >= 15 is 4.79 Å². The molecule has 2 saturated heterocycles. The van der Waals surface area contributed by atoms with Gasteiger partial charge in [-0.15, -0.1) is 0 Å². The summed E-state index contributed by atoms with van der Waals surface area (Å²) in [5, 5.41) is 17.3. The van der Waals surface area contributed by atoms with Crippen LogP contribution in [0.2, 0.25) is 25.7 Å². The molecule has 2 aliphatic heterocycles. The van der Waals surface area contributed by atoms with E-state index in [1.54, 1.807) is 4.90 Å². The number of nitro groups is 1. The summed E-state index contributed by atoms with van der Waals surface area (Å²) in [6.45, 7) is 12.0. The van der Waals surface area contributed by atoms with Gasteiger partial charge in [0.1, 0.15) is 18.9 Å². The van der Waals surface area contributed by atoms with Gasteiger partial charge in [-0.2, -0.15) is 9.49 Å². The molecule has 13 heteroatoms. The van der Waals surface area contributed by atoms with Gasteiger partial charge in [-0.3, -0.25) is 10.1 Å². The number of ether oxygens (including phenoxy) is 3. The molecular weight excluding hydrogens is 730 g/mol. The molecule has 2 aliphatic rings. The highest BCUT2D eigenvalue weighted by Crippen LogP contribution is 2.41. The molecule has 0 spiro atoms. The van der Waals surface area contributed by atoms with Crippen LogP contribution in [-0.2, 0) is 46.9 Å². The van der Waals surface area contributed by atoms with Crippen LogP contribution in [0.25, 0.3) is 10.9 Å². The third-order valence-electron chi connectivity index (χ3n) is 10.6. The van der Waals surface area contributed by atoms with E-state index in [1.807, 2.05) is 102 Å². The summed E-state index contributed by atoms with van der Waals surface area (Å²) in [5.41, 5.74) is 3.65. The predicted octanol–water partition coefficient (Wildman–Crippen LogP) is 8.58. The summed E-state index contributed by atoms with van der Waals surface area (Å²) in [6.07, 6.45) is 1.66. The van der Waals surface area contributed by atoms with Gasteiger partial charge >= 0.3 is 11.7 Å². The van der Waals surface area contributed by atoms with Crippen molar-refractivity contribution in [3.8, 4) is 0 Å². The molecule has 0 radical (unpaired) electrons. The minimum atomic E-state index is -1.23. The quantitative estimate of drug-likeness (QED) is 0.0481. The van der Waals surface area contributed by atoms with Crippen molar-refractivity contribution in [2.24, 2.45) is 0 Å². The summed E-state index contributed by atoms with van der Waals surface area (Å²) >= 11 is 0. The van der Waals surface area contributed by atoms with Crippen LogP contribution < -0.4 is 0 Å². The zero-order valence-electron chi connectivity index (χ0n) is 32.6. The molecule has 294 valence electrons. The van der Waals surface area contributed by atoms with Crippen molar-refractivity contribution in [1.29, 1.82) is 0 Å². The second-order valence-electron chi connectivity index (χ2n) is 16.5. The molecule has 3 heterocycles. The molecule has 7 rings (SSSR count). The molecule has 0 aliphatic carbocycles. The van der Waals surface area contributed by atoms with Crippen LogP contribution >= 0.6 is 0 Å². The zero-order chi connectivity index (χ0) is 39.6. The Morgan fingerprint density at radius 1 is 0.821 bits per heavy atom. The summed E-state index contributed by atoms with van der Waals surface area (Å²) in [7, 11) is -1.23. The third-order valence-corrected chi connectivity index (χ3v) is 12.3. The maximum absolute atomic E-state index is 15.4. The Kier molecular flexibility index (Phi) is 11.4. The Morgan fingerprint density at radius 2 is 1.38 bits per heavy atom. The van der Waals surface area contributed by atoms with Crippen molar-refractivity contribution in [3.05, 3.63) is 141 Å². The van der Waals surface area contributed by atoms with Gasteiger partial charge < -0.3 is 24.0 Å². The van der Waals surface area contributed by atoms with Gasteiger partial charge in [0.15, 0.2) is 5.79 Å². The number of amides is 2. The second-order valence-corrected chi connectivity index (χ2v) is 22.2. The van der Waals surface area contributed by atoms with Crippen molar-refractivity contribution in [3.63, 3.8) is 0 Å². The number of urea groups is 1. The van der Waals surface area contributed by atoms with Crippen molar-refractivity contribution < 1.29 is 28.3 Å². The van der Waals surface area contributed by atoms with Crippen LogP contribution in [0.4, 0.5) is 14.9 Å². The molecule has 11 nitrogen and oxygen atoms in total. The molecule has 4 atom stereocenters. The van der Waals surface area contributed by atoms with E-state index in [0.29, 0.717) is 31.7 Å². The van der Waals surface area contributed by atoms with E-state index < -0.39 is 54.6 Å². The fraction of sp³-hybridized carbons (Fsp3) is 0.395. The minimum Gasteiger partial charge on any atom is -0.360 e. The molecular formula is C43H50FN5O6Si. The molecule has 0 N–H and O–H groups in total. The van der Waals surface area contributed by atoms with E-state index in [9.17, 15) is 14.5 Å². The van der Waals surface area contributed by atoms with Crippen LogP contribution in [0.5, 0.6) is 0 Å². The number of benzene rings is 4. The molecule has 0 saturated carbocycles. The SMILES string of the molecule is CC1(C)O[C@@H]2[C@@H](O1)[C@@H](Cc1ccccc1)N(Cc1ccc3c(cnn3COCC[Si](C)(C)C)c1)C(=O)N(Cc1ccc(F)c([N+](=O)[O-])c1)[C@@H]2Cc1ccccc1. The first-order chi connectivity index (χ1) is 26.7. The Labute approximate surface area is 328 Å². The summed E-state index contributed by atoms with van der Waals surface area (Å²) in [4.78, 5) is 30.1. The molecule has 0 bridgehead atoms. The first-order valence-electron chi connectivity index (χ1n) is 19.2. The van der Waals surface area contributed by atoms with Crippen LogP contribution in [0.3, 0.4) is 0 Å². The second kappa shape index (κ2) is 16.3.